The summed E-state index contributed by atoms with van der Waals surface area (Å²) in [5.41, 5.74) is 0. The van der Waals surface area contributed by atoms with Gasteiger partial charge in [-0.05, 0) is 26.2 Å². The summed E-state index contributed by atoms with van der Waals surface area (Å²) < 4.78 is 1.11. The largest absolute Gasteiger partial charge is 0.338 e. The average molecular weight is 392 g/mol. The van der Waals surface area contributed by atoms with Crippen LogP contribution in [-0.2, 0) is 9.59 Å². The molecule has 1 aliphatic heterocycles. The van der Waals surface area contributed by atoms with Crippen molar-refractivity contribution in [2.45, 2.75) is 0 Å². The Balaban J connectivity index is 1.59. The molecule has 1 aromatic heterocycles. The van der Waals surface area contributed by atoms with E-state index in [9.17, 15) is 9.59 Å². The molecule has 0 radical (unpaired) electrons. The van der Waals surface area contributed by atoms with Crippen LogP contribution in [0, 0.1) is 0 Å². The van der Waals surface area contributed by atoms with Gasteiger partial charge in [0.1, 0.15) is 0 Å². The Morgan fingerprint density at radius 2 is 1.81 bits per heavy atom. The summed E-state index contributed by atoms with van der Waals surface area (Å²) in [4.78, 5) is 30.9. The SMILES string of the molecule is CN(C)CC(=O)N1CCN(C(=O)C=Cc2sc3ccccc3c2Cl)CC1. The number of amides is 2. The van der Waals surface area contributed by atoms with Gasteiger partial charge in [0.05, 0.1) is 11.6 Å². The van der Waals surface area contributed by atoms with Crippen molar-refractivity contribution in [1.82, 2.24) is 14.7 Å². The smallest absolute Gasteiger partial charge is 0.246 e. The van der Waals surface area contributed by atoms with E-state index in [0.29, 0.717) is 37.7 Å². The highest BCUT2D eigenvalue weighted by Gasteiger charge is 2.23. The molecule has 1 aromatic carbocycles. The van der Waals surface area contributed by atoms with E-state index in [2.05, 4.69) is 0 Å². The predicted molar refractivity (Wildman–Crippen MR) is 108 cm³/mol. The molecule has 0 unspecified atom stereocenters. The molecule has 5 nitrogen and oxygen atoms in total. The van der Waals surface area contributed by atoms with Crippen LogP contribution < -0.4 is 0 Å². The second kappa shape index (κ2) is 8.20. The standard InChI is InChI=1S/C19H22ClN3O2S/c1-21(2)13-18(25)23-11-9-22(10-12-23)17(24)8-7-16-19(20)14-5-3-4-6-15(14)26-16/h3-8H,9-13H2,1-2H3. The highest BCUT2D eigenvalue weighted by Crippen LogP contribution is 2.35. The third-order valence-electron chi connectivity index (χ3n) is 4.33. The Bertz CT molecular complexity index is 838. The topological polar surface area (TPSA) is 43.9 Å². The fourth-order valence-electron chi connectivity index (χ4n) is 2.94. The maximum Gasteiger partial charge on any atom is 0.246 e. The maximum atomic E-state index is 12.4. The van der Waals surface area contributed by atoms with E-state index in [1.54, 1.807) is 28.4 Å². The lowest BCUT2D eigenvalue weighted by atomic mass is 10.2. The Labute approximate surface area is 162 Å². The second-order valence-electron chi connectivity index (χ2n) is 6.55. The van der Waals surface area contributed by atoms with Gasteiger partial charge >= 0.3 is 0 Å². The molecule has 0 aliphatic carbocycles. The Kier molecular flexibility index (Phi) is 5.96. The van der Waals surface area contributed by atoms with Crippen LogP contribution in [0.3, 0.4) is 0 Å². The summed E-state index contributed by atoms with van der Waals surface area (Å²) in [7, 11) is 3.75. The van der Waals surface area contributed by atoms with Crippen LogP contribution in [0.4, 0.5) is 0 Å². The molecular formula is C19H22ClN3O2S. The summed E-state index contributed by atoms with van der Waals surface area (Å²) in [5, 5.41) is 1.70. The van der Waals surface area contributed by atoms with E-state index in [-0.39, 0.29) is 11.8 Å². The molecule has 0 atom stereocenters. The number of benzene rings is 1. The Hall–Kier alpha value is -1.89. The number of piperazine rings is 1. The van der Waals surface area contributed by atoms with E-state index in [1.165, 1.54) is 0 Å². The third-order valence-corrected chi connectivity index (χ3v) is 5.99. The minimum atomic E-state index is -0.0433. The first-order valence-corrected chi connectivity index (χ1v) is 9.71. The van der Waals surface area contributed by atoms with Gasteiger partial charge in [0, 0.05) is 47.2 Å². The number of rotatable bonds is 4. The van der Waals surface area contributed by atoms with Crippen LogP contribution in [0.15, 0.2) is 30.3 Å². The number of carbonyl (C=O) groups excluding carboxylic acids is 2. The normalized spacial score (nSPS) is 15.4. The van der Waals surface area contributed by atoms with Gasteiger partial charge < -0.3 is 14.7 Å². The number of likely N-dealkylation sites (N-methyl/N-ethyl adjacent to an activating group) is 1. The molecule has 1 aliphatic rings. The van der Waals surface area contributed by atoms with Crippen molar-refractivity contribution in [2.75, 3.05) is 46.8 Å². The molecule has 0 saturated carbocycles. The lowest BCUT2D eigenvalue weighted by Gasteiger charge is -2.34. The molecule has 0 spiro atoms. The van der Waals surface area contributed by atoms with Crippen LogP contribution in [0.25, 0.3) is 16.2 Å². The van der Waals surface area contributed by atoms with Crippen molar-refractivity contribution in [3.63, 3.8) is 0 Å². The number of hydrogen-bond acceptors (Lipinski definition) is 4. The van der Waals surface area contributed by atoms with E-state index in [0.717, 1.165) is 15.0 Å². The lowest BCUT2D eigenvalue weighted by Crippen LogP contribution is -2.51. The van der Waals surface area contributed by atoms with E-state index < -0.39 is 0 Å². The zero-order chi connectivity index (χ0) is 18.7. The van der Waals surface area contributed by atoms with Crippen LogP contribution in [-0.4, -0.2) is 73.3 Å². The van der Waals surface area contributed by atoms with Crippen molar-refractivity contribution in [2.24, 2.45) is 0 Å². The average Bonchev–Trinajstić information content (AvgIpc) is 2.95. The number of nitrogens with zero attached hydrogens (tertiary/aromatic N) is 3. The highest BCUT2D eigenvalue weighted by atomic mass is 35.5. The summed E-state index contributed by atoms with van der Waals surface area (Å²) in [5.74, 6) is 0.0629. The fourth-order valence-corrected chi connectivity index (χ4v) is 4.34. The van der Waals surface area contributed by atoms with Crippen LogP contribution in [0.5, 0.6) is 0 Å². The molecule has 2 aromatic rings. The zero-order valence-corrected chi connectivity index (χ0v) is 16.5. The van der Waals surface area contributed by atoms with E-state index in [1.807, 2.05) is 48.2 Å². The van der Waals surface area contributed by atoms with E-state index >= 15 is 0 Å². The Morgan fingerprint density at radius 3 is 2.46 bits per heavy atom. The third kappa shape index (κ3) is 4.26. The van der Waals surface area contributed by atoms with Gasteiger partial charge in [-0.25, -0.2) is 0 Å². The molecule has 1 fully saturated rings. The van der Waals surface area contributed by atoms with Crippen molar-refractivity contribution < 1.29 is 9.59 Å². The molecule has 0 bridgehead atoms. The first kappa shape index (κ1) is 18.9. The monoisotopic (exact) mass is 391 g/mol. The first-order valence-electron chi connectivity index (χ1n) is 8.52. The maximum absolute atomic E-state index is 12.4. The van der Waals surface area contributed by atoms with Crippen LogP contribution in [0.1, 0.15) is 4.88 Å². The van der Waals surface area contributed by atoms with Crippen molar-refractivity contribution >= 4 is 50.9 Å². The number of fused-ring (bicyclic) bond motifs is 1. The zero-order valence-electron chi connectivity index (χ0n) is 14.9. The van der Waals surface area contributed by atoms with Crippen molar-refractivity contribution in [3.05, 3.63) is 40.2 Å². The predicted octanol–water partition coefficient (Wildman–Crippen LogP) is 2.80. The molecule has 26 heavy (non-hydrogen) atoms. The van der Waals surface area contributed by atoms with Gasteiger partial charge in [-0.15, -0.1) is 11.3 Å². The summed E-state index contributed by atoms with van der Waals surface area (Å²) >= 11 is 7.98. The molecule has 1 saturated heterocycles. The van der Waals surface area contributed by atoms with Gasteiger partial charge in [0.2, 0.25) is 11.8 Å². The minimum Gasteiger partial charge on any atom is -0.338 e. The van der Waals surface area contributed by atoms with Gasteiger partial charge in [0.15, 0.2) is 0 Å². The molecule has 2 heterocycles. The quantitative estimate of drug-likeness (QED) is 0.753. The summed E-state index contributed by atoms with van der Waals surface area (Å²) in [6.45, 7) is 2.68. The summed E-state index contributed by atoms with van der Waals surface area (Å²) in [6.07, 6.45) is 3.37. The fraction of sp³-hybridized carbons (Fsp3) is 0.368. The van der Waals surface area contributed by atoms with Gasteiger partial charge in [-0.3, -0.25) is 9.59 Å². The molecule has 7 heteroatoms. The lowest BCUT2D eigenvalue weighted by molar-refractivity contribution is -0.137. The van der Waals surface area contributed by atoms with Gasteiger partial charge in [0.25, 0.3) is 0 Å². The second-order valence-corrected chi connectivity index (χ2v) is 8.02. The first-order chi connectivity index (χ1) is 12.5. The van der Waals surface area contributed by atoms with E-state index in [4.69, 9.17) is 11.6 Å². The van der Waals surface area contributed by atoms with Crippen LogP contribution in [0.2, 0.25) is 5.02 Å². The number of carbonyl (C=O) groups is 2. The molecule has 138 valence electrons. The molecule has 3 rings (SSSR count). The molecular weight excluding hydrogens is 370 g/mol. The number of halogens is 1. The summed E-state index contributed by atoms with van der Waals surface area (Å²) in [6, 6.07) is 7.94. The van der Waals surface area contributed by atoms with Crippen molar-refractivity contribution in [3.8, 4) is 0 Å². The van der Waals surface area contributed by atoms with Crippen LogP contribution >= 0.6 is 22.9 Å². The molecule has 0 N–H and O–H groups in total. The number of hydrogen-bond donors (Lipinski definition) is 0. The highest BCUT2D eigenvalue weighted by molar-refractivity contribution is 7.20. The van der Waals surface area contributed by atoms with Gasteiger partial charge in [-0.2, -0.15) is 0 Å². The number of thiophene rings is 1. The Morgan fingerprint density at radius 1 is 1.15 bits per heavy atom. The van der Waals surface area contributed by atoms with Gasteiger partial charge in [-0.1, -0.05) is 29.8 Å². The molecule has 2 amide bonds. The van der Waals surface area contributed by atoms with Crippen molar-refractivity contribution in [1.29, 1.82) is 0 Å². The minimum absolute atomic E-state index is 0.0433.